The Kier molecular flexibility index (Phi) is 3.99. The van der Waals surface area contributed by atoms with E-state index in [1.54, 1.807) is 0 Å². The molecule has 0 radical (unpaired) electrons. The molecule has 1 N–H and O–H groups in total. The molecule has 3 heteroatoms. The molecular weight excluding hydrogens is 256 g/mol. The van der Waals surface area contributed by atoms with Crippen molar-refractivity contribution in [3.8, 4) is 0 Å². The van der Waals surface area contributed by atoms with E-state index in [2.05, 4.69) is 29.4 Å². The summed E-state index contributed by atoms with van der Waals surface area (Å²) >= 11 is 6.15. The first-order chi connectivity index (χ1) is 9.22. The molecule has 1 aromatic carbocycles. The topological polar surface area (TPSA) is 15.3 Å². The number of hydrogen-bond donors (Lipinski definition) is 1. The summed E-state index contributed by atoms with van der Waals surface area (Å²) in [5.41, 5.74) is 2.67. The minimum absolute atomic E-state index is 0.740. The monoisotopic (exact) mass is 278 g/mol. The molecule has 3 rings (SSSR count). The van der Waals surface area contributed by atoms with E-state index < -0.39 is 0 Å². The molecule has 0 bridgehead atoms. The van der Waals surface area contributed by atoms with E-state index in [1.807, 2.05) is 6.07 Å². The van der Waals surface area contributed by atoms with Crippen LogP contribution in [0.5, 0.6) is 0 Å². The third-order valence-corrected chi connectivity index (χ3v) is 4.60. The molecular formula is C16H23ClN2. The third kappa shape index (κ3) is 3.43. The summed E-state index contributed by atoms with van der Waals surface area (Å²) in [7, 11) is 2.21. The number of nitrogens with zero attached hydrogens (tertiary/aromatic N) is 1. The molecule has 0 amide bonds. The maximum absolute atomic E-state index is 6.15. The van der Waals surface area contributed by atoms with Crippen LogP contribution >= 0.6 is 11.6 Å². The molecule has 0 spiro atoms. The van der Waals surface area contributed by atoms with Gasteiger partial charge in [-0.2, -0.15) is 0 Å². The summed E-state index contributed by atoms with van der Waals surface area (Å²) in [6.07, 6.45) is 6.86. The standard InChI is InChI=1S/C16H23ClN2/c1-19(11-12-3-2-4-12)16-8-5-14(17)9-13(16)10-18-15-6-7-15/h5,8-9,12,15,18H,2-4,6-7,10-11H2,1H3. The van der Waals surface area contributed by atoms with Gasteiger partial charge < -0.3 is 10.2 Å². The van der Waals surface area contributed by atoms with Crippen molar-refractivity contribution in [2.45, 2.75) is 44.7 Å². The van der Waals surface area contributed by atoms with Gasteiger partial charge in [0.2, 0.25) is 0 Å². The molecule has 0 heterocycles. The molecule has 2 fully saturated rings. The van der Waals surface area contributed by atoms with E-state index in [9.17, 15) is 0 Å². The smallest absolute Gasteiger partial charge is 0.0410 e. The van der Waals surface area contributed by atoms with Crippen LogP contribution in [-0.2, 0) is 6.54 Å². The first kappa shape index (κ1) is 13.3. The molecule has 1 aromatic rings. The van der Waals surface area contributed by atoms with E-state index in [-0.39, 0.29) is 0 Å². The van der Waals surface area contributed by atoms with Crippen LogP contribution in [-0.4, -0.2) is 19.6 Å². The lowest BCUT2D eigenvalue weighted by Crippen LogP contribution is -2.30. The summed E-state index contributed by atoms with van der Waals surface area (Å²) in [4.78, 5) is 2.41. The Balaban J connectivity index is 1.69. The number of anilines is 1. The van der Waals surface area contributed by atoms with Gasteiger partial charge in [0, 0.05) is 36.9 Å². The predicted octanol–water partition coefficient (Wildman–Crippen LogP) is 3.83. The van der Waals surface area contributed by atoms with Crippen LogP contribution in [0.25, 0.3) is 0 Å². The van der Waals surface area contributed by atoms with Crippen molar-refractivity contribution in [3.63, 3.8) is 0 Å². The fourth-order valence-electron chi connectivity index (χ4n) is 2.77. The van der Waals surface area contributed by atoms with Crippen molar-refractivity contribution in [2.75, 3.05) is 18.5 Å². The third-order valence-electron chi connectivity index (χ3n) is 4.37. The Labute approximate surface area is 121 Å². The van der Waals surface area contributed by atoms with Crippen LogP contribution in [0.2, 0.25) is 5.02 Å². The second-order valence-electron chi connectivity index (χ2n) is 6.11. The maximum Gasteiger partial charge on any atom is 0.0410 e. The molecule has 0 unspecified atom stereocenters. The lowest BCUT2D eigenvalue weighted by atomic mass is 9.85. The molecule has 2 nitrogen and oxygen atoms in total. The van der Waals surface area contributed by atoms with Gasteiger partial charge in [0.05, 0.1) is 0 Å². The van der Waals surface area contributed by atoms with Gasteiger partial charge in [-0.25, -0.2) is 0 Å². The van der Waals surface area contributed by atoms with Gasteiger partial charge >= 0.3 is 0 Å². The number of benzene rings is 1. The minimum atomic E-state index is 0.740. The second kappa shape index (κ2) is 5.72. The fraction of sp³-hybridized carbons (Fsp3) is 0.625. The Morgan fingerprint density at radius 1 is 1.26 bits per heavy atom. The largest absolute Gasteiger partial charge is 0.374 e. The molecule has 0 aromatic heterocycles. The highest BCUT2D eigenvalue weighted by atomic mass is 35.5. The van der Waals surface area contributed by atoms with Crippen molar-refractivity contribution < 1.29 is 0 Å². The highest BCUT2D eigenvalue weighted by Gasteiger charge is 2.22. The van der Waals surface area contributed by atoms with Gasteiger partial charge in [-0.15, -0.1) is 0 Å². The van der Waals surface area contributed by atoms with Gasteiger partial charge in [-0.05, 0) is 55.4 Å². The van der Waals surface area contributed by atoms with Crippen molar-refractivity contribution in [3.05, 3.63) is 28.8 Å². The Morgan fingerprint density at radius 3 is 2.68 bits per heavy atom. The summed E-state index contributed by atoms with van der Waals surface area (Å²) in [5, 5.41) is 4.43. The van der Waals surface area contributed by atoms with Gasteiger partial charge in [0.25, 0.3) is 0 Å². The minimum Gasteiger partial charge on any atom is -0.374 e. The number of hydrogen-bond acceptors (Lipinski definition) is 2. The normalized spacial score (nSPS) is 19.3. The average Bonchev–Trinajstić information content (AvgIpc) is 3.15. The molecule has 0 aliphatic heterocycles. The SMILES string of the molecule is CN(CC1CCC1)c1ccc(Cl)cc1CNC1CC1. The van der Waals surface area contributed by atoms with Crippen molar-refractivity contribution in [1.29, 1.82) is 0 Å². The first-order valence-corrected chi connectivity index (χ1v) is 7.83. The van der Waals surface area contributed by atoms with Crippen LogP contribution in [0, 0.1) is 5.92 Å². The molecule has 2 aliphatic carbocycles. The lowest BCUT2D eigenvalue weighted by Gasteiger charge is -2.32. The van der Waals surface area contributed by atoms with E-state index in [1.165, 1.54) is 49.9 Å². The van der Waals surface area contributed by atoms with E-state index >= 15 is 0 Å². The predicted molar refractivity (Wildman–Crippen MR) is 81.9 cm³/mol. The van der Waals surface area contributed by atoms with Crippen molar-refractivity contribution in [2.24, 2.45) is 5.92 Å². The van der Waals surface area contributed by atoms with Crippen LogP contribution in [0.3, 0.4) is 0 Å². The van der Waals surface area contributed by atoms with E-state index in [0.29, 0.717) is 0 Å². The fourth-order valence-corrected chi connectivity index (χ4v) is 2.97. The highest BCUT2D eigenvalue weighted by molar-refractivity contribution is 6.30. The van der Waals surface area contributed by atoms with E-state index in [0.717, 1.165) is 23.5 Å². The van der Waals surface area contributed by atoms with Gasteiger partial charge in [0.15, 0.2) is 0 Å². The van der Waals surface area contributed by atoms with Gasteiger partial charge in [0.1, 0.15) is 0 Å². The highest BCUT2D eigenvalue weighted by Crippen LogP contribution is 2.31. The maximum atomic E-state index is 6.15. The molecule has 104 valence electrons. The Hall–Kier alpha value is -0.730. The van der Waals surface area contributed by atoms with E-state index in [4.69, 9.17) is 11.6 Å². The Morgan fingerprint density at radius 2 is 2.05 bits per heavy atom. The quantitative estimate of drug-likeness (QED) is 0.851. The van der Waals surface area contributed by atoms with Crippen LogP contribution in [0.1, 0.15) is 37.7 Å². The first-order valence-electron chi connectivity index (χ1n) is 7.45. The molecule has 0 atom stereocenters. The summed E-state index contributed by atoms with van der Waals surface area (Å²) in [6, 6.07) is 7.03. The van der Waals surface area contributed by atoms with Crippen molar-refractivity contribution >= 4 is 17.3 Å². The Bertz CT molecular complexity index is 438. The molecule has 2 aliphatic rings. The van der Waals surface area contributed by atoms with Gasteiger partial charge in [-0.3, -0.25) is 0 Å². The van der Waals surface area contributed by atoms with Gasteiger partial charge in [-0.1, -0.05) is 18.0 Å². The molecule has 19 heavy (non-hydrogen) atoms. The summed E-state index contributed by atoms with van der Waals surface area (Å²) in [6.45, 7) is 2.12. The summed E-state index contributed by atoms with van der Waals surface area (Å²) < 4.78 is 0. The zero-order valence-corrected chi connectivity index (χ0v) is 12.4. The molecule has 0 saturated heterocycles. The van der Waals surface area contributed by atoms with Crippen LogP contribution < -0.4 is 10.2 Å². The second-order valence-corrected chi connectivity index (χ2v) is 6.54. The average molecular weight is 279 g/mol. The number of halogens is 1. The van der Waals surface area contributed by atoms with Crippen LogP contribution in [0.4, 0.5) is 5.69 Å². The number of nitrogens with one attached hydrogen (secondary N) is 1. The lowest BCUT2D eigenvalue weighted by molar-refractivity contribution is 0.321. The zero-order valence-electron chi connectivity index (χ0n) is 11.7. The molecule has 2 saturated carbocycles. The number of rotatable bonds is 6. The van der Waals surface area contributed by atoms with Crippen molar-refractivity contribution in [1.82, 2.24) is 5.32 Å². The summed E-state index contributed by atoms with van der Waals surface area (Å²) in [5.74, 6) is 0.893. The van der Waals surface area contributed by atoms with Crippen LogP contribution in [0.15, 0.2) is 18.2 Å². The zero-order chi connectivity index (χ0) is 13.2.